The van der Waals surface area contributed by atoms with Gasteiger partial charge in [-0.05, 0) is 34.2 Å². The molecule has 96 valence electrons. The molecule has 17 heavy (non-hydrogen) atoms. The third-order valence-corrected chi connectivity index (χ3v) is 3.85. The SMILES string of the molecule is Cc1cc(C(C)(C)C)c(O)c(C(C)(C)C)c1P. The second-order valence-corrected chi connectivity index (χ2v) is 7.46. The van der Waals surface area contributed by atoms with Crippen molar-refractivity contribution in [3.8, 4) is 5.75 Å². The summed E-state index contributed by atoms with van der Waals surface area (Å²) in [4.78, 5) is 0. The van der Waals surface area contributed by atoms with Crippen LogP contribution in [0.5, 0.6) is 5.75 Å². The van der Waals surface area contributed by atoms with Gasteiger partial charge >= 0.3 is 0 Å². The molecule has 1 aromatic carbocycles. The van der Waals surface area contributed by atoms with Crippen LogP contribution in [0.15, 0.2) is 6.07 Å². The maximum Gasteiger partial charge on any atom is 0.123 e. The molecule has 0 aliphatic rings. The van der Waals surface area contributed by atoms with Gasteiger partial charge in [-0.1, -0.05) is 47.6 Å². The molecule has 0 bridgehead atoms. The molecule has 0 fully saturated rings. The van der Waals surface area contributed by atoms with Crippen molar-refractivity contribution < 1.29 is 5.11 Å². The Balaban J connectivity index is 3.67. The predicted octanol–water partition coefficient (Wildman–Crippen LogP) is 3.80. The van der Waals surface area contributed by atoms with Gasteiger partial charge in [0, 0.05) is 5.56 Å². The first kappa shape index (κ1) is 14.5. The molecule has 2 heteroatoms. The Morgan fingerprint density at radius 3 is 1.82 bits per heavy atom. The van der Waals surface area contributed by atoms with E-state index < -0.39 is 0 Å². The van der Waals surface area contributed by atoms with E-state index in [0.717, 1.165) is 16.4 Å². The lowest BCUT2D eigenvalue weighted by atomic mass is 9.78. The topological polar surface area (TPSA) is 20.2 Å². The highest BCUT2D eigenvalue weighted by atomic mass is 31.0. The van der Waals surface area contributed by atoms with Gasteiger partial charge in [-0.25, -0.2) is 0 Å². The van der Waals surface area contributed by atoms with Gasteiger partial charge in [-0.3, -0.25) is 0 Å². The number of phenolic OH excluding ortho intramolecular Hbond substituents is 1. The highest BCUT2D eigenvalue weighted by Gasteiger charge is 2.28. The van der Waals surface area contributed by atoms with Crippen molar-refractivity contribution in [2.45, 2.75) is 59.3 Å². The zero-order valence-corrected chi connectivity index (χ0v) is 13.3. The highest BCUT2D eigenvalue weighted by molar-refractivity contribution is 7.27. The van der Waals surface area contributed by atoms with Gasteiger partial charge in [-0.15, -0.1) is 9.24 Å². The predicted molar refractivity (Wildman–Crippen MR) is 79.6 cm³/mol. The number of aryl methyl sites for hydroxylation is 1. The van der Waals surface area contributed by atoms with Crippen LogP contribution in [0.25, 0.3) is 0 Å². The largest absolute Gasteiger partial charge is 0.507 e. The lowest BCUT2D eigenvalue weighted by Crippen LogP contribution is -2.24. The molecule has 0 aromatic heterocycles. The average molecular weight is 252 g/mol. The number of aromatic hydroxyl groups is 1. The van der Waals surface area contributed by atoms with E-state index in [2.05, 4.69) is 63.8 Å². The summed E-state index contributed by atoms with van der Waals surface area (Å²) in [6.45, 7) is 14.9. The molecule has 0 heterocycles. The minimum Gasteiger partial charge on any atom is -0.507 e. The van der Waals surface area contributed by atoms with Gasteiger partial charge in [0.25, 0.3) is 0 Å². The van der Waals surface area contributed by atoms with Crippen LogP contribution in [-0.2, 0) is 10.8 Å². The molecule has 1 nitrogen and oxygen atoms in total. The van der Waals surface area contributed by atoms with Crippen molar-refractivity contribution in [2.24, 2.45) is 0 Å². The van der Waals surface area contributed by atoms with Crippen LogP contribution in [0.2, 0.25) is 0 Å². The summed E-state index contributed by atoms with van der Waals surface area (Å²) in [7, 11) is 2.77. The summed E-state index contributed by atoms with van der Waals surface area (Å²) >= 11 is 0. The van der Waals surface area contributed by atoms with Gasteiger partial charge in [0.2, 0.25) is 0 Å². The number of phenols is 1. The number of hydrogen-bond donors (Lipinski definition) is 1. The van der Waals surface area contributed by atoms with E-state index in [9.17, 15) is 5.11 Å². The van der Waals surface area contributed by atoms with Crippen LogP contribution < -0.4 is 5.30 Å². The summed E-state index contributed by atoms with van der Waals surface area (Å²) in [6, 6.07) is 2.10. The Kier molecular flexibility index (Phi) is 3.65. The lowest BCUT2D eigenvalue weighted by Gasteiger charge is -2.29. The van der Waals surface area contributed by atoms with E-state index in [1.807, 2.05) is 0 Å². The molecule has 1 N–H and O–H groups in total. The third-order valence-electron chi connectivity index (χ3n) is 3.10. The summed E-state index contributed by atoms with van der Waals surface area (Å²) in [5.41, 5.74) is 3.22. The molecular formula is C15H25OP. The van der Waals surface area contributed by atoms with E-state index >= 15 is 0 Å². The second kappa shape index (κ2) is 4.28. The second-order valence-electron chi connectivity index (χ2n) is 6.88. The van der Waals surface area contributed by atoms with Gasteiger partial charge in [0.15, 0.2) is 0 Å². The molecule has 0 saturated carbocycles. The first-order valence-corrected chi connectivity index (χ1v) is 6.67. The van der Waals surface area contributed by atoms with E-state index in [4.69, 9.17) is 0 Å². The highest BCUT2D eigenvalue weighted by Crippen LogP contribution is 2.39. The zero-order valence-electron chi connectivity index (χ0n) is 12.1. The first-order chi connectivity index (χ1) is 7.46. The Morgan fingerprint density at radius 2 is 1.47 bits per heavy atom. The van der Waals surface area contributed by atoms with Crippen LogP contribution in [0.4, 0.5) is 0 Å². The Labute approximate surface area is 108 Å². The van der Waals surface area contributed by atoms with Crippen LogP contribution >= 0.6 is 9.24 Å². The minimum absolute atomic E-state index is 0.0345. The van der Waals surface area contributed by atoms with Crippen LogP contribution in [0.3, 0.4) is 0 Å². The summed E-state index contributed by atoms with van der Waals surface area (Å²) < 4.78 is 0. The molecule has 0 aliphatic heterocycles. The maximum absolute atomic E-state index is 10.6. The van der Waals surface area contributed by atoms with Crippen molar-refractivity contribution in [2.75, 3.05) is 0 Å². The quantitative estimate of drug-likeness (QED) is 0.696. The van der Waals surface area contributed by atoms with Gasteiger partial charge in [0.1, 0.15) is 5.75 Å². The first-order valence-electron chi connectivity index (χ1n) is 6.09. The third kappa shape index (κ3) is 2.83. The summed E-state index contributed by atoms with van der Waals surface area (Å²) in [6.07, 6.45) is 0. The van der Waals surface area contributed by atoms with E-state index in [1.165, 1.54) is 5.56 Å². The van der Waals surface area contributed by atoms with Crippen LogP contribution in [0.1, 0.15) is 58.2 Å². The molecule has 1 aromatic rings. The smallest absolute Gasteiger partial charge is 0.123 e. The standard InChI is InChI=1S/C15H25OP/c1-9-8-10(14(2,3)4)12(16)11(13(9)17)15(5,6)7/h8,16H,17H2,1-7H3. The van der Waals surface area contributed by atoms with Crippen LogP contribution in [0, 0.1) is 6.92 Å². The number of hydrogen-bond acceptors (Lipinski definition) is 1. The molecule has 0 saturated heterocycles. The van der Waals surface area contributed by atoms with E-state index in [-0.39, 0.29) is 10.8 Å². The van der Waals surface area contributed by atoms with Crippen molar-refractivity contribution in [1.29, 1.82) is 0 Å². The zero-order chi connectivity index (χ0) is 13.6. The molecule has 1 unspecified atom stereocenters. The monoisotopic (exact) mass is 252 g/mol. The van der Waals surface area contributed by atoms with Crippen molar-refractivity contribution >= 4 is 14.5 Å². The normalized spacial score (nSPS) is 12.9. The van der Waals surface area contributed by atoms with Gasteiger partial charge < -0.3 is 5.11 Å². The van der Waals surface area contributed by atoms with Gasteiger partial charge in [-0.2, -0.15) is 0 Å². The molecule has 0 spiro atoms. The number of rotatable bonds is 0. The maximum atomic E-state index is 10.6. The molecule has 1 atom stereocenters. The summed E-state index contributed by atoms with van der Waals surface area (Å²) in [5, 5.41) is 11.7. The Hall–Kier alpha value is -0.550. The van der Waals surface area contributed by atoms with Crippen molar-refractivity contribution in [3.63, 3.8) is 0 Å². The molecular weight excluding hydrogens is 227 g/mol. The Morgan fingerprint density at radius 1 is 1.00 bits per heavy atom. The number of benzene rings is 1. The molecule has 0 amide bonds. The fourth-order valence-corrected chi connectivity index (χ4v) is 2.81. The molecule has 0 aliphatic carbocycles. The van der Waals surface area contributed by atoms with Gasteiger partial charge in [0.05, 0.1) is 0 Å². The fourth-order valence-electron chi connectivity index (χ4n) is 2.15. The van der Waals surface area contributed by atoms with E-state index in [0.29, 0.717) is 5.75 Å². The molecule has 1 rings (SSSR count). The van der Waals surface area contributed by atoms with E-state index in [1.54, 1.807) is 0 Å². The minimum atomic E-state index is -0.0484. The Bertz CT molecular complexity index is 434. The fraction of sp³-hybridized carbons (Fsp3) is 0.600. The van der Waals surface area contributed by atoms with Crippen molar-refractivity contribution in [1.82, 2.24) is 0 Å². The van der Waals surface area contributed by atoms with Crippen molar-refractivity contribution in [3.05, 3.63) is 22.8 Å². The van der Waals surface area contributed by atoms with Crippen LogP contribution in [-0.4, -0.2) is 5.11 Å². The average Bonchev–Trinajstić information content (AvgIpc) is 2.07. The summed E-state index contributed by atoms with van der Waals surface area (Å²) in [5.74, 6) is 0.459. The molecule has 0 radical (unpaired) electrons. The lowest BCUT2D eigenvalue weighted by molar-refractivity contribution is 0.424.